The molecule has 0 aliphatic carbocycles. The van der Waals surface area contributed by atoms with Crippen LogP contribution in [-0.2, 0) is 11.8 Å². The molecule has 0 aromatic heterocycles. The Morgan fingerprint density at radius 1 is 1.03 bits per heavy atom. The molecule has 0 fully saturated rings. The van der Waals surface area contributed by atoms with Gasteiger partial charge in [-0.2, -0.15) is 0 Å². The molecule has 1 aliphatic heterocycles. The summed E-state index contributed by atoms with van der Waals surface area (Å²) in [6.07, 6.45) is 7.00. The minimum absolute atomic E-state index is 0.156. The third-order valence-electron chi connectivity index (χ3n) is 6.55. The van der Waals surface area contributed by atoms with Crippen LogP contribution in [0, 0.1) is 12.8 Å². The van der Waals surface area contributed by atoms with Gasteiger partial charge in [0.1, 0.15) is 0 Å². The molecule has 2 aromatic rings. The largest absolute Gasteiger partial charge is 0.378 e. The summed E-state index contributed by atoms with van der Waals surface area (Å²) < 4.78 is 0. The second-order valence-electron chi connectivity index (χ2n) is 9.85. The second kappa shape index (κ2) is 11.0. The third-order valence-corrected chi connectivity index (χ3v) is 6.55. The molecule has 1 nitrogen and oxygen atoms in total. The first-order valence-electron chi connectivity index (χ1n) is 12.4. The van der Waals surface area contributed by atoms with Crippen LogP contribution in [0.5, 0.6) is 0 Å². The summed E-state index contributed by atoms with van der Waals surface area (Å²) in [4.78, 5) is 0. The number of hydrogen-bond acceptors (Lipinski definition) is 1. The van der Waals surface area contributed by atoms with E-state index in [-0.39, 0.29) is 5.41 Å². The average molecular weight is 420 g/mol. The number of aryl methyl sites for hydroxylation is 2. The van der Waals surface area contributed by atoms with Crippen LogP contribution in [0.25, 0.3) is 0 Å². The van der Waals surface area contributed by atoms with Gasteiger partial charge in [-0.1, -0.05) is 103 Å². The molecule has 1 heterocycles. The highest BCUT2D eigenvalue weighted by Gasteiger charge is 2.36. The van der Waals surface area contributed by atoms with E-state index in [9.17, 15) is 0 Å². The zero-order valence-electron chi connectivity index (χ0n) is 21.3. The molecule has 0 saturated heterocycles. The Bertz CT molecular complexity index is 855. The van der Waals surface area contributed by atoms with Gasteiger partial charge in [0.2, 0.25) is 0 Å². The quantitative estimate of drug-likeness (QED) is 0.460. The summed E-state index contributed by atoms with van der Waals surface area (Å²) in [6.45, 7) is 21.9. The lowest BCUT2D eigenvalue weighted by atomic mass is 9.71. The lowest BCUT2D eigenvalue weighted by molar-refractivity contribution is 0.362. The normalized spacial score (nSPS) is 20.2. The van der Waals surface area contributed by atoms with Gasteiger partial charge in [-0.15, -0.1) is 6.58 Å². The minimum atomic E-state index is 0.156. The number of unbranched alkanes of at least 4 members (excludes halogenated alkanes) is 1. The molecule has 2 aromatic carbocycles. The van der Waals surface area contributed by atoms with Crippen LogP contribution < -0.4 is 5.32 Å². The molecule has 3 rings (SSSR count). The number of anilines is 1. The Balaban J connectivity index is 0.00000166. The van der Waals surface area contributed by atoms with E-state index < -0.39 is 0 Å². The molecule has 0 saturated carbocycles. The predicted octanol–water partition coefficient (Wildman–Crippen LogP) is 9.12. The number of hydrogen-bond donors (Lipinski definition) is 1. The Kier molecular flexibility index (Phi) is 8.98. The minimum Gasteiger partial charge on any atom is -0.378 e. The number of benzene rings is 2. The van der Waals surface area contributed by atoms with Crippen molar-refractivity contribution in [2.75, 3.05) is 5.32 Å². The van der Waals surface area contributed by atoms with Crippen LogP contribution in [0.3, 0.4) is 0 Å². The second-order valence-corrected chi connectivity index (χ2v) is 9.85. The van der Waals surface area contributed by atoms with E-state index in [2.05, 4.69) is 95.9 Å². The molecule has 0 amide bonds. The third kappa shape index (κ3) is 5.82. The predicted molar refractivity (Wildman–Crippen MR) is 139 cm³/mol. The first-order chi connectivity index (χ1) is 14.8. The monoisotopic (exact) mass is 419 g/mol. The van der Waals surface area contributed by atoms with Crippen molar-refractivity contribution in [3.8, 4) is 0 Å². The molecule has 1 N–H and O–H groups in total. The molecular formula is C30H45N. The maximum Gasteiger partial charge on any atom is 0.0551 e. The van der Waals surface area contributed by atoms with Crippen LogP contribution in [0.1, 0.15) is 108 Å². The fraction of sp³-hybridized carbons (Fsp3) is 0.533. The number of fused-ring (bicyclic) bond motifs is 1. The Morgan fingerprint density at radius 3 is 2.32 bits per heavy atom. The lowest BCUT2D eigenvalue weighted by Gasteiger charge is -2.41. The van der Waals surface area contributed by atoms with Gasteiger partial charge in [-0.05, 0) is 59.4 Å². The summed E-state index contributed by atoms with van der Waals surface area (Å²) in [7, 11) is 0. The highest BCUT2D eigenvalue weighted by atomic mass is 15.0. The molecule has 31 heavy (non-hydrogen) atoms. The molecule has 1 aliphatic rings. The van der Waals surface area contributed by atoms with E-state index in [4.69, 9.17) is 0 Å². The van der Waals surface area contributed by atoms with Gasteiger partial charge in [0.15, 0.2) is 0 Å². The van der Waals surface area contributed by atoms with E-state index in [0.717, 1.165) is 6.42 Å². The van der Waals surface area contributed by atoms with Crippen LogP contribution >= 0.6 is 0 Å². The summed E-state index contributed by atoms with van der Waals surface area (Å²) in [5.41, 5.74) is 8.48. The van der Waals surface area contributed by atoms with Crippen molar-refractivity contribution in [3.05, 3.63) is 76.9 Å². The average Bonchev–Trinajstić information content (AvgIpc) is 2.76. The standard InChI is InChI=1S/C28H39N.C2H6/c1-8-11-12-24-23(10-3)25-18-22(28(5,6)7)13-14-26(25)29-27(24)21-16-19(4)15-20(9-2)17-21;1-2/h10,13-18,23-24,27,29H,3,8-9,11-12H2,1-2,4-7H3;1-2H3. The fourth-order valence-corrected chi connectivity index (χ4v) is 4.85. The summed E-state index contributed by atoms with van der Waals surface area (Å²) in [6, 6.07) is 14.5. The van der Waals surface area contributed by atoms with Crippen LogP contribution in [-0.4, -0.2) is 0 Å². The van der Waals surface area contributed by atoms with Crippen molar-refractivity contribution < 1.29 is 0 Å². The van der Waals surface area contributed by atoms with E-state index in [1.807, 2.05) is 13.8 Å². The van der Waals surface area contributed by atoms with Gasteiger partial charge in [-0.3, -0.25) is 0 Å². The Morgan fingerprint density at radius 2 is 1.74 bits per heavy atom. The van der Waals surface area contributed by atoms with Crippen molar-refractivity contribution in [2.24, 2.45) is 5.92 Å². The van der Waals surface area contributed by atoms with Gasteiger partial charge >= 0.3 is 0 Å². The Labute approximate surface area is 192 Å². The summed E-state index contributed by atoms with van der Waals surface area (Å²) in [5, 5.41) is 3.95. The SMILES string of the molecule is C=CC1c2cc(C(C)(C)C)ccc2NC(c2cc(C)cc(CC)c2)C1CCCC.CC. The first kappa shape index (κ1) is 25.2. The van der Waals surface area contributed by atoms with Crippen molar-refractivity contribution in [3.63, 3.8) is 0 Å². The molecule has 3 atom stereocenters. The highest BCUT2D eigenvalue weighted by Crippen LogP contribution is 2.48. The van der Waals surface area contributed by atoms with Crippen LogP contribution in [0.2, 0.25) is 0 Å². The molecule has 1 heteroatoms. The van der Waals surface area contributed by atoms with Crippen LogP contribution in [0.4, 0.5) is 5.69 Å². The lowest BCUT2D eigenvalue weighted by Crippen LogP contribution is -2.31. The van der Waals surface area contributed by atoms with Gasteiger partial charge in [0.25, 0.3) is 0 Å². The van der Waals surface area contributed by atoms with Gasteiger partial charge in [0, 0.05) is 11.6 Å². The number of nitrogens with one attached hydrogen (secondary N) is 1. The van der Waals surface area contributed by atoms with Gasteiger partial charge in [-0.25, -0.2) is 0 Å². The summed E-state index contributed by atoms with van der Waals surface area (Å²) in [5.74, 6) is 0.914. The molecule has 3 unspecified atom stereocenters. The van der Waals surface area contributed by atoms with E-state index in [1.54, 1.807) is 0 Å². The van der Waals surface area contributed by atoms with Gasteiger partial charge in [0.05, 0.1) is 6.04 Å². The molecule has 0 radical (unpaired) electrons. The smallest absolute Gasteiger partial charge is 0.0551 e. The topological polar surface area (TPSA) is 12.0 Å². The molecular weight excluding hydrogens is 374 g/mol. The van der Waals surface area contributed by atoms with Crippen molar-refractivity contribution >= 4 is 5.69 Å². The van der Waals surface area contributed by atoms with Gasteiger partial charge < -0.3 is 5.32 Å². The fourth-order valence-electron chi connectivity index (χ4n) is 4.85. The van der Waals surface area contributed by atoms with E-state index in [0.29, 0.717) is 17.9 Å². The maximum absolute atomic E-state index is 4.29. The highest BCUT2D eigenvalue weighted by molar-refractivity contribution is 5.60. The summed E-state index contributed by atoms with van der Waals surface area (Å²) >= 11 is 0. The maximum atomic E-state index is 4.29. The zero-order valence-corrected chi connectivity index (χ0v) is 21.3. The number of allylic oxidation sites excluding steroid dienone is 1. The van der Waals surface area contributed by atoms with Crippen molar-refractivity contribution in [1.29, 1.82) is 0 Å². The number of rotatable bonds is 6. The first-order valence-corrected chi connectivity index (χ1v) is 12.4. The zero-order chi connectivity index (χ0) is 23.2. The van der Waals surface area contributed by atoms with E-state index in [1.165, 1.54) is 52.8 Å². The van der Waals surface area contributed by atoms with Crippen molar-refractivity contribution in [2.45, 2.75) is 98.4 Å². The van der Waals surface area contributed by atoms with E-state index >= 15 is 0 Å². The molecule has 0 spiro atoms. The molecule has 0 bridgehead atoms. The van der Waals surface area contributed by atoms with Crippen LogP contribution in [0.15, 0.2) is 49.1 Å². The Hall–Kier alpha value is -2.02. The molecule has 170 valence electrons. The van der Waals surface area contributed by atoms with Crippen molar-refractivity contribution in [1.82, 2.24) is 0 Å².